The highest BCUT2D eigenvalue weighted by Gasteiger charge is 2.51. The number of hydrogen-bond acceptors (Lipinski definition) is 2. The molecule has 2 heterocycles. The van der Waals surface area contributed by atoms with Gasteiger partial charge in [-0.05, 0) is 60.4 Å². The standard InChI is InChI=1S/C26H28FN3O/c1-25(2)14-21-15-26(3,16-25)17-29(21)24(31)23-13-22(18-7-5-4-6-8-18)28-30(23)20-11-9-19(27)10-12-20/h4-13,21H,14-17H2,1-3H3/t21-,26-/m1/s1. The molecule has 2 atom stereocenters. The van der Waals surface area contributed by atoms with Crippen molar-refractivity contribution in [2.45, 2.75) is 46.1 Å². The van der Waals surface area contributed by atoms with Crippen LogP contribution in [0.5, 0.6) is 0 Å². The van der Waals surface area contributed by atoms with E-state index < -0.39 is 0 Å². The van der Waals surface area contributed by atoms with E-state index in [1.165, 1.54) is 12.1 Å². The van der Waals surface area contributed by atoms with Gasteiger partial charge in [0.2, 0.25) is 0 Å². The van der Waals surface area contributed by atoms with Crippen LogP contribution in [0.4, 0.5) is 4.39 Å². The Morgan fingerprint density at radius 2 is 1.74 bits per heavy atom. The van der Waals surface area contributed by atoms with Crippen LogP contribution < -0.4 is 0 Å². The van der Waals surface area contributed by atoms with Gasteiger partial charge in [0.1, 0.15) is 11.5 Å². The fourth-order valence-corrected chi connectivity index (χ4v) is 5.91. The lowest BCUT2D eigenvalue weighted by Crippen LogP contribution is -2.38. The van der Waals surface area contributed by atoms with Crippen molar-refractivity contribution in [2.75, 3.05) is 6.54 Å². The smallest absolute Gasteiger partial charge is 0.272 e. The monoisotopic (exact) mass is 417 g/mol. The number of benzene rings is 2. The van der Waals surface area contributed by atoms with Crippen LogP contribution in [0.1, 0.15) is 50.5 Å². The zero-order valence-corrected chi connectivity index (χ0v) is 18.3. The first kappa shape index (κ1) is 20.0. The maximum absolute atomic E-state index is 13.8. The van der Waals surface area contributed by atoms with Crippen LogP contribution in [-0.2, 0) is 0 Å². The molecule has 2 fully saturated rings. The van der Waals surface area contributed by atoms with Crippen LogP contribution in [-0.4, -0.2) is 33.2 Å². The Kier molecular flexibility index (Phi) is 4.54. The number of aromatic nitrogens is 2. The first-order chi connectivity index (χ1) is 14.7. The van der Waals surface area contributed by atoms with Crippen molar-refractivity contribution in [2.24, 2.45) is 10.8 Å². The van der Waals surface area contributed by atoms with Crippen LogP contribution in [0.2, 0.25) is 0 Å². The van der Waals surface area contributed by atoms with E-state index in [0.29, 0.717) is 11.4 Å². The largest absolute Gasteiger partial charge is 0.334 e. The molecule has 2 bridgehead atoms. The predicted octanol–water partition coefficient (Wildman–Crippen LogP) is 5.72. The van der Waals surface area contributed by atoms with Crippen molar-refractivity contribution in [3.8, 4) is 16.9 Å². The van der Waals surface area contributed by atoms with E-state index in [2.05, 4.69) is 25.7 Å². The maximum atomic E-state index is 13.8. The topological polar surface area (TPSA) is 38.1 Å². The van der Waals surface area contributed by atoms with Crippen LogP contribution >= 0.6 is 0 Å². The first-order valence-corrected chi connectivity index (χ1v) is 11.0. The number of halogens is 1. The van der Waals surface area contributed by atoms with Gasteiger partial charge in [-0.15, -0.1) is 0 Å². The van der Waals surface area contributed by atoms with Gasteiger partial charge in [-0.1, -0.05) is 51.1 Å². The minimum atomic E-state index is -0.310. The van der Waals surface area contributed by atoms with Gasteiger partial charge in [0.05, 0.1) is 11.4 Å². The second kappa shape index (κ2) is 7.04. The number of carbonyl (C=O) groups excluding carboxylic acids is 1. The van der Waals surface area contributed by atoms with Crippen molar-refractivity contribution in [1.29, 1.82) is 0 Å². The Labute approximate surface area is 182 Å². The number of rotatable bonds is 3. The fraction of sp³-hybridized carbons (Fsp3) is 0.385. The van der Waals surface area contributed by atoms with Crippen molar-refractivity contribution >= 4 is 5.91 Å². The molecule has 2 aliphatic rings. The summed E-state index contributed by atoms with van der Waals surface area (Å²) in [6.45, 7) is 7.69. The third-order valence-corrected chi connectivity index (χ3v) is 6.74. The molecule has 2 aromatic carbocycles. The molecule has 160 valence electrons. The summed E-state index contributed by atoms with van der Waals surface area (Å²) < 4.78 is 15.2. The second-order valence-electron chi connectivity index (χ2n) is 10.3. The lowest BCUT2D eigenvalue weighted by Gasteiger charge is -2.39. The summed E-state index contributed by atoms with van der Waals surface area (Å²) in [4.78, 5) is 15.9. The van der Waals surface area contributed by atoms with Gasteiger partial charge in [-0.3, -0.25) is 4.79 Å². The Morgan fingerprint density at radius 3 is 2.45 bits per heavy atom. The van der Waals surface area contributed by atoms with Crippen LogP contribution in [0, 0.1) is 16.6 Å². The van der Waals surface area contributed by atoms with E-state index in [4.69, 9.17) is 5.10 Å². The SMILES string of the molecule is CC1(C)C[C@@H]2C[C@@](C)(CN2C(=O)c2cc(-c3ccccc3)nn2-c2ccc(F)cc2)C1. The lowest BCUT2D eigenvalue weighted by molar-refractivity contribution is 0.0699. The number of likely N-dealkylation sites (tertiary alicyclic amines) is 1. The molecule has 1 aromatic heterocycles. The quantitative estimate of drug-likeness (QED) is 0.547. The van der Waals surface area contributed by atoms with Crippen molar-refractivity contribution in [1.82, 2.24) is 14.7 Å². The predicted molar refractivity (Wildman–Crippen MR) is 120 cm³/mol. The molecule has 0 unspecified atom stereocenters. The van der Waals surface area contributed by atoms with Gasteiger partial charge in [0.25, 0.3) is 5.91 Å². The molecule has 0 N–H and O–H groups in total. The maximum Gasteiger partial charge on any atom is 0.272 e. The van der Waals surface area contributed by atoms with Gasteiger partial charge >= 0.3 is 0 Å². The van der Waals surface area contributed by atoms with Gasteiger partial charge in [-0.2, -0.15) is 5.10 Å². The molecule has 1 aliphatic heterocycles. The highest BCUT2D eigenvalue weighted by atomic mass is 19.1. The molecule has 1 saturated carbocycles. The van der Waals surface area contributed by atoms with E-state index in [0.717, 1.165) is 37.1 Å². The summed E-state index contributed by atoms with van der Waals surface area (Å²) >= 11 is 0. The lowest BCUT2D eigenvalue weighted by atomic mass is 9.65. The van der Waals surface area contributed by atoms with E-state index in [-0.39, 0.29) is 28.6 Å². The highest BCUT2D eigenvalue weighted by Crippen LogP contribution is 2.52. The summed E-state index contributed by atoms with van der Waals surface area (Å²) in [7, 11) is 0. The average Bonchev–Trinajstić information content (AvgIpc) is 3.27. The molecule has 0 spiro atoms. The highest BCUT2D eigenvalue weighted by molar-refractivity contribution is 5.95. The molecular formula is C26H28FN3O. The second-order valence-corrected chi connectivity index (χ2v) is 10.3. The molecule has 5 heteroatoms. The molecule has 1 aliphatic carbocycles. The van der Waals surface area contributed by atoms with E-state index in [1.807, 2.05) is 36.4 Å². The zero-order chi connectivity index (χ0) is 21.8. The molecule has 5 rings (SSSR count). The molecule has 4 nitrogen and oxygen atoms in total. The molecule has 0 radical (unpaired) electrons. The molecule has 3 aromatic rings. The number of hydrogen-bond donors (Lipinski definition) is 0. The fourth-order valence-electron chi connectivity index (χ4n) is 5.91. The molecule has 1 saturated heterocycles. The molecule has 1 amide bonds. The average molecular weight is 418 g/mol. The zero-order valence-electron chi connectivity index (χ0n) is 18.3. The van der Waals surface area contributed by atoms with Gasteiger partial charge < -0.3 is 4.90 Å². The number of carbonyl (C=O) groups is 1. The van der Waals surface area contributed by atoms with Crippen LogP contribution in [0.25, 0.3) is 16.9 Å². The Bertz CT molecular complexity index is 1120. The third kappa shape index (κ3) is 3.67. The Morgan fingerprint density at radius 1 is 1.03 bits per heavy atom. The van der Waals surface area contributed by atoms with Gasteiger partial charge in [0, 0.05) is 18.2 Å². The Balaban J connectivity index is 1.57. The van der Waals surface area contributed by atoms with Crippen LogP contribution in [0.3, 0.4) is 0 Å². The minimum absolute atomic E-state index is 0.00503. The molecular weight excluding hydrogens is 389 g/mol. The number of nitrogens with zero attached hydrogens (tertiary/aromatic N) is 3. The minimum Gasteiger partial charge on any atom is -0.334 e. The van der Waals surface area contributed by atoms with E-state index in [9.17, 15) is 9.18 Å². The summed E-state index contributed by atoms with van der Waals surface area (Å²) in [5, 5.41) is 4.75. The molecule has 31 heavy (non-hydrogen) atoms. The summed E-state index contributed by atoms with van der Waals surface area (Å²) in [6.07, 6.45) is 3.20. The Hall–Kier alpha value is -2.95. The summed E-state index contributed by atoms with van der Waals surface area (Å²) in [5.41, 5.74) is 3.29. The summed E-state index contributed by atoms with van der Waals surface area (Å²) in [6, 6.07) is 18.1. The van der Waals surface area contributed by atoms with Crippen molar-refractivity contribution < 1.29 is 9.18 Å². The van der Waals surface area contributed by atoms with Crippen molar-refractivity contribution in [3.63, 3.8) is 0 Å². The van der Waals surface area contributed by atoms with Crippen LogP contribution in [0.15, 0.2) is 60.7 Å². The normalized spacial score (nSPS) is 24.4. The van der Waals surface area contributed by atoms with Gasteiger partial charge in [0.15, 0.2) is 0 Å². The number of amides is 1. The van der Waals surface area contributed by atoms with E-state index in [1.54, 1.807) is 16.8 Å². The third-order valence-electron chi connectivity index (χ3n) is 6.74. The van der Waals surface area contributed by atoms with E-state index >= 15 is 0 Å². The van der Waals surface area contributed by atoms with Gasteiger partial charge in [-0.25, -0.2) is 9.07 Å². The number of fused-ring (bicyclic) bond motifs is 2. The summed E-state index contributed by atoms with van der Waals surface area (Å²) in [5.74, 6) is -0.305. The first-order valence-electron chi connectivity index (χ1n) is 11.0. The van der Waals surface area contributed by atoms with Crippen molar-refractivity contribution in [3.05, 3.63) is 72.2 Å².